The second kappa shape index (κ2) is 7.17. The van der Waals surface area contributed by atoms with E-state index in [1.165, 1.54) is 6.92 Å². The van der Waals surface area contributed by atoms with Crippen LogP contribution in [0.4, 0.5) is 0 Å². The molecule has 1 N–H and O–H groups in total. The number of carboxylic acids is 1. The van der Waals surface area contributed by atoms with Gasteiger partial charge in [-0.05, 0) is 61.0 Å². The van der Waals surface area contributed by atoms with Crippen LogP contribution in [-0.4, -0.2) is 23.1 Å². The molecule has 3 rings (SSSR count). The summed E-state index contributed by atoms with van der Waals surface area (Å²) in [6, 6.07) is 1.98. The van der Waals surface area contributed by atoms with Crippen molar-refractivity contribution in [3.8, 4) is 0 Å². The summed E-state index contributed by atoms with van der Waals surface area (Å²) < 4.78 is 10.9. The Kier molecular flexibility index (Phi) is 5.24. The molecule has 2 aliphatic carbocycles. The number of furan rings is 1. The largest absolute Gasteiger partial charge is 0.478 e. The summed E-state index contributed by atoms with van der Waals surface area (Å²) in [7, 11) is 0. The van der Waals surface area contributed by atoms with Crippen LogP contribution in [0.2, 0.25) is 0 Å². The number of aliphatic carboxylic acids is 1. The van der Waals surface area contributed by atoms with E-state index in [1.54, 1.807) is 12.5 Å². The number of hydrogen-bond acceptors (Lipinski definition) is 4. The first-order valence-corrected chi connectivity index (χ1v) is 9.80. The molecule has 2 aliphatic rings. The maximum Gasteiger partial charge on any atom is 0.331 e. The Morgan fingerprint density at radius 1 is 1.37 bits per heavy atom. The van der Waals surface area contributed by atoms with E-state index in [-0.39, 0.29) is 29.3 Å². The third-order valence-corrected chi connectivity index (χ3v) is 7.29. The highest BCUT2D eigenvalue weighted by Crippen LogP contribution is 2.62. The summed E-state index contributed by atoms with van der Waals surface area (Å²) in [5.41, 5.74) is 0.989. The van der Waals surface area contributed by atoms with Crippen LogP contribution >= 0.6 is 0 Å². The molecule has 1 heterocycles. The third-order valence-electron chi connectivity index (χ3n) is 7.29. The maximum atomic E-state index is 12.0. The van der Waals surface area contributed by atoms with Gasteiger partial charge in [0.15, 0.2) is 0 Å². The minimum Gasteiger partial charge on any atom is -0.478 e. The average Bonchev–Trinajstić information content (AvgIpc) is 3.10. The fourth-order valence-corrected chi connectivity index (χ4v) is 5.72. The minimum atomic E-state index is -0.851. The topological polar surface area (TPSA) is 76.7 Å². The molecule has 1 aromatic heterocycles. The molecule has 0 spiro atoms. The van der Waals surface area contributed by atoms with Crippen molar-refractivity contribution in [1.29, 1.82) is 0 Å². The normalized spacial score (nSPS) is 35.9. The monoisotopic (exact) mass is 374 g/mol. The molecule has 0 saturated heterocycles. The molecule has 5 heteroatoms. The van der Waals surface area contributed by atoms with Gasteiger partial charge in [-0.3, -0.25) is 4.79 Å². The third kappa shape index (κ3) is 3.44. The van der Waals surface area contributed by atoms with Crippen LogP contribution in [0, 0.1) is 22.7 Å². The highest BCUT2D eigenvalue weighted by molar-refractivity contribution is 5.88. The standard InChI is InChI=1S/C22H30O5/c1-14-18(27-15(2)23)12-22(4)17(20(24)25)6-5-7-19(22)21(14,3)10-8-16-9-11-26-13-16/h6,9,11,13-14,18-19H,5,7-8,10,12H2,1-4H3,(H,24,25). The van der Waals surface area contributed by atoms with E-state index in [4.69, 9.17) is 9.15 Å². The van der Waals surface area contributed by atoms with Gasteiger partial charge in [-0.2, -0.15) is 0 Å². The summed E-state index contributed by atoms with van der Waals surface area (Å²) in [6.45, 7) is 7.89. The predicted molar refractivity (Wildman–Crippen MR) is 101 cm³/mol. The lowest BCUT2D eigenvalue weighted by Crippen LogP contribution is -2.57. The minimum absolute atomic E-state index is 0.140. The van der Waals surface area contributed by atoms with Crippen LogP contribution in [0.5, 0.6) is 0 Å². The van der Waals surface area contributed by atoms with Crippen LogP contribution in [0.1, 0.15) is 58.9 Å². The summed E-state index contributed by atoms with van der Waals surface area (Å²) in [5, 5.41) is 9.84. The highest BCUT2D eigenvalue weighted by atomic mass is 16.5. The van der Waals surface area contributed by atoms with Crippen molar-refractivity contribution in [3.05, 3.63) is 35.8 Å². The second-order valence-electron chi connectivity index (χ2n) is 8.75. The first-order chi connectivity index (χ1) is 12.7. The van der Waals surface area contributed by atoms with Gasteiger partial charge in [0.25, 0.3) is 0 Å². The molecular weight excluding hydrogens is 344 g/mol. The Morgan fingerprint density at radius 3 is 2.70 bits per heavy atom. The lowest BCUT2D eigenvalue weighted by atomic mass is 9.46. The van der Waals surface area contributed by atoms with Crippen LogP contribution in [0.3, 0.4) is 0 Å². The molecule has 5 atom stereocenters. The van der Waals surface area contributed by atoms with Gasteiger partial charge in [-0.25, -0.2) is 4.79 Å². The number of esters is 1. The fourth-order valence-electron chi connectivity index (χ4n) is 5.72. The van der Waals surface area contributed by atoms with Crippen molar-refractivity contribution in [2.75, 3.05) is 0 Å². The zero-order valence-corrected chi connectivity index (χ0v) is 16.7. The smallest absolute Gasteiger partial charge is 0.331 e. The summed E-state index contributed by atoms with van der Waals surface area (Å²) in [6.07, 6.45) is 9.12. The molecule has 0 amide bonds. The van der Waals surface area contributed by atoms with Crippen molar-refractivity contribution >= 4 is 11.9 Å². The number of carboxylic acid groups (broad SMARTS) is 1. The quantitative estimate of drug-likeness (QED) is 0.761. The zero-order chi connectivity index (χ0) is 19.8. The molecule has 0 radical (unpaired) electrons. The van der Waals surface area contributed by atoms with Crippen LogP contribution in [-0.2, 0) is 20.7 Å². The van der Waals surface area contributed by atoms with E-state index in [0.717, 1.165) is 31.2 Å². The summed E-state index contributed by atoms with van der Waals surface area (Å²) >= 11 is 0. The molecule has 1 saturated carbocycles. The van der Waals surface area contributed by atoms with Gasteiger partial charge >= 0.3 is 11.9 Å². The van der Waals surface area contributed by atoms with Gasteiger partial charge in [-0.15, -0.1) is 0 Å². The molecule has 1 fully saturated rings. The lowest BCUT2D eigenvalue weighted by Gasteiger charge is -2.59. The maximum absolute atomic E-state index is 12.0. The molecule has 5 unspecified atom stereocenters. The second-order valence-corrected chi connectivity index (χ2v) is 8.75. The number of carbonyl (C=O) groups excluding carboxylic acids is 1. The van der Waals surface area contributed by atoms with Gasteiger partial charge in [0, 0.05) is 17.9 Å². The Bertz CT molecular complexity index is 734. The Hall–Kier alpha value is -2.04. The first kappa shape index (κ1) is 19.7. The number of allylic oxidation sites excluding steroid dienone is 1. The SMILES string of the molecule is CC(=O)OC1CC2(C)C(C(=O)O)=CCCC2C(C)(CCc2ccoc2)C1C. The number of rotatable bonds is 5. The van der Waals surface area contributed by atoms with Crippen LogP contribution in [0.25, 0.3) is 0 Å². The van der Waals surface area contributed by atoms with Gasteiger partial charge < -0.3 is 14.3 Å². The van der Waals surface area contributed by atoms with Gasteiger partial charge in [-0.1, -0.05) is 26.8 Å². The molecular formula is C22H30O5. The number of hydrogen-bond donors (Lipinski definition) is 1. The molecule has 148 valence electrons. The van der Waals surface area contributed by atoms with Crippen molar-refractivity contribution in [3.63, 3.8) is 0 Å². The summed E-state index contributed by atoms with van der Waals surface area (Å²) in [5.74, 6) is -0.771. The Labute approximate surface area is 160 Å². The van der Waals surface area contributed by atoms with Crippen molar-refractivity contribution < 1.29 is 23.8 Å². The summed E-state index contributed by atoms with van der Waals surface area (Å²) in [4.78, 5) is 23.7. The van der Waals surface area contributed by atoms with Crippen molar-refractivity contribution in [2.24, 2.45) is 22.7 Å². The van der Waals surface area contributed by atoms with Gasteiger partial charge in [0.1, 0.15) is 6.10 Å². The van der Waals surface area contributed by atoms with Crippen LogP contribution in [0.15, 0.2) is 34.7 Å². The number of fused-ring (bicyclic) bond motifs is 1. The first-order valence-electron chi connectivity index (χ1n) is 9.80. The number of aryl methyl sites for hydroxylation is 1. The molecule has 0 bridgehead atoms. The number of ether oxygens (including phenoxy) is 1. The molecule has 0 aromatic carbocycles. The lowest BCUT2D eigenvalue weighted by molar-refractivity contribution is -0.171. The van der Waals surface area contributed by atoms with E-state index >= 15 is 0 Å². The molecule has 0 aliphatic heterocycles. The van der Waals surface area contributed by atoms with Crippen LogP contribution < -0.4 is 0 Å². The Balaban J connectivity index is 1.99. The molecule has 1 aromatic rings. The fraction of sp³-hybridized carbons (Fsp3) is 0.636. The van der Waals surface area contributed by atoms with E-state index < -0.39 is 11.4 Å². The average molecular weight is 374 g/mol. The molecule has 27 heavy (non-hydrogen) atoms. The predicted octanol–water partition coefficient (Wildman–Crippen LogP) is 4.62. The van der Waals surface area contributed by atoms with E-state index in [2.05, 4.69) is 20.8 Å². The van der Waals surface area contributed by atoms with Crippen molar-refractivity contribution in [1.82, 2.24) is 0 Å². The molecule has 5 nitrogen and oxygen atoms in total. The van der Waals surface area contributed by atoms with E-state index in [1.807, 2.05) is 12.1 Å². The number of carbonyl (C=O) groups is 2. The highest BCUT2D eigenvalue weighted by Gasteiger charge is 2.59. The zero-order valence-electron chi connectivity index (χ0n) is 16.7. The Morgan fingerprint density at radius 2 is 2.11 bits per heavy atom. The van der Waals surface area contributed by atoms with E-state index in [0.29, 0.717) is 12.0 Å². The van der Waals surface area contributed by atoms with E-state index in [9.17, 15) is 14.7 Å². The van der Waals surface area contributed by atoms with Gasteiger partial charge in [0.2, 0.25) is 0 Å². The van der Waals surface area contributed by atoms with Gasteiger partial charge in [0.05, 0.1) is 12.5 Å². The van der Waals surface area contributed by atoms with Crippen molar-refractivity contribution in [2.45, 2.75) is 65.9 Å².